The molecule has 1 aromatic heterocycles. The van der Waals surface area contributed by atoms with Crippen LogP contribution in [0, 0.1) is 12.7 Å². The summed E-state index contributed by atoms with van der Waals surface area (Å²) in [4.78, 5) is 4.09. The summed E-state index contributed by atoms with van der Waals surface area (Å²) in [5, 5.41) is 0.492. The van der Waals surface area contributed by atoms with Gasteiger partial charge in [-0.3, -0.25) is 0 Å². The predicted molar refractivity (Wildman–Crippen MR) is 58.6 cm³/mol. The van der Waals surface area contributed by atoms with E-state index in [2.05, 4.69) is 20.9 Å². The zero-order chi connectivity index (χ0) is 10.3. The van der Waals surface area contributed by atoms with Crippen molar-refractivity contribution >= 4 is 32.7 Å². The summed E-state index contributed by atoms with van der Waals surface area (Å²) in [6.45, 7) is 1.87. The van der Waals surface area contributed by atoms with Gasteiger partial charge in [0.05, 0.1) is 9.99 Å². The summed E-state index contributed by atoms with van der Waals surface area (Å²) in [7, 11) is 0. The second-order valence-corrected chi connectivity index (χ2v) is 3.98. The highest BCUT2D eigenvalue weighted by Crippen LogP contribution is 2.27. The van der Waals surface area contributed by atoms with Crippen LogP contribution in [0.3, 0.4) is 0 Å². The Morgan fingerprint density at radius 2 is 2.14 bits per heavy atom. The van der Waals surface area contributed by atoms with E-state index in [1.165, 1.54) is 0 Å². The number of halogens is 2. The first-order chi connectivity index (χ1) is 6.59. The lowest BCUT2D eigenvalue weighted by atomic mass is 10.1. The highest BCUT2D eigenvalue weighted by molar-refractivity contribution is 9.10. The van der Waals surface area contributed by atoms with Gasteiger partial charge < -0.3 is 5.73 Å². The molecule has 0 aliphatic carbocycles. The molecule has 2 N–H and O–H groups in total. The van der Waals surface area contributed by atoms with Crippen molar-refractivity contribution in [3.8, 4) is 0 Å². The van der Waals surface area contributed by atoms with Gasteiger partial charge in [-0.15, -0.1) is 0 Å². The van der Waals surface area contributed by atoms with Gasteiger partial charge in [0, 0.05) is 5.39 Å². The number of anilines is 1. The first-order valence-electron chi connectivity index (χ1n) is 4.10. The Hall–Kier alpha value is -1.16. The third kappa shape index (κ3) is 1.35. The van der Waals surface area contributed by atoms with E-state index >= 15 is 0 Å². The lowest BCUT2D eigenvalue weighted by Gasteiger charge is -2.05. The van der Waals surface area contributed by atoms with Crippen molar-refractivity contribution in [2.75, 3.05) is 5.73 Å². The molecule has 4 heteroatoms. The first-order valence-corrected chi connectivity index (χ1v) is 4.89. The number of pyridine rings is 1. The van der Waals surface area contributed by atoms with Crippen LogP contribution < -0.4 is 5.73 Å². The van der Waals surface area contributed by atoms with E-state index in [0.29, 0.717) is 21.2 Å². The fourth-order valence-corrected chi connectivity index (χ4v) is 1.96. The van der Waals surface area contributed by atoms with Crippen molar-refractivity contribution in [2.24, 2.45) is 0 Å². The van der Waals surface area contributed by atoms with Gasteiger partial charge in [-0.05, 0) is 46.6 Å². The molecule has 0 amide bonds. The van der Waals surface area contributed by atoms with Gasteiger partial charge in [0.15, 0.2) is 0 Å². The molecule has 2 rings (SSSR count). The molecule has 0 bridgehead atoms. The Labute approximate surface area is 89.1 Å². The van der Waals surface area contributed by atoms with E-state index in [1.807, 2.05) is 6.92 Å². The fraction of sp³-hybridized carbons (Fsp3) is 0.100. The van der Waals surface area contributed by atoms with E-state index in [1.54, 1.807) is 18.2 Å². The Morgan fingerprint density at radius 3 is 2.86 bits per heavy atom. The lowest BCUT2D eigenvalue weighted by molar-refractivity contribution is 0.633. The molecule has 0 radical (unpaired) electrons. The second-order valence-electron chi connectivity index (χ2n) is 3.12. The minimum atomic E-state index is -0.293. The van der Waals surface area contributed by atoms with Crippen molar-refractivity contribution in [2.45, 2.75) is 6.92 Å². The van der Waals surface area contributed by atoms with Crippen LogP contribution >= 0.6 is 15.9 Å². The van der Waals surface area contributed by atoms with Gasteiger partial charge in [0.2, 0.25) is 0 Å². The van der Waals surface area contributed by atoms with Crippen molar-refractivity contribution in [1.29, 1.82) is 0 Å². The summed E-state index contributed by atoms with van der Waals surface area (Å²) in [6.07, 6.45) is 0. The number of nitrogen functional groups attached to an aromatic ring is 1. The van der Waals surface area contributed by atoms with Crippen molar-refractivity contribution in [1.82, 2.24) is 4.98 Å². The number of nitrogens with zero attached hydrogens (tertiary/aromatic N) is 1. The fourth-order valence-electron chi connectivity index (χ4n) is 1.40. The molecule has 2 nitrogen and oxygen atoms in total. The van der Waals surface area contributed by atoms with Crippen molar-refractivity contribution < 1.29 is 4.39 Å². The van der Waals surface area contributed by atoms with Crippen LogP contribution in [0.5, 0.6) is 0 Å². The van der Waals surface area contributed by atoms with Gasteiger partial charge >= 0.3 is 0 Å². The smallest absolute Gasteiger partial charge is 0.146 e. The molecule has 72 valence electrons. The highest BCUT2D eigenvalue weighted by atomic mass is 79.9. The third-order valence-electron chi connectivity index (χ3n) is 2.08. The Bertz CT molecular complexity index is 511. The van der Waals surface area contributed by atoms with Gasteiger partial charge in [-0.2, -0.15) is 0 Å². The SMILES string of the molecule is Cc1cc(Br)c(F)c2ccc(N)nc12. The lowest BCUT2D eigenvalue weighted by Crippen LogP contribution is -1.94. The van der Waals surface area contributed by atoms with E-state index in [9.17, 15) is 4.39 Å². The van der Waals surface area contributed by atoms with Crippen LogP contribution in [0.4, 0.5) is 10.2 Å². The zero-order valence-electron chi connectivity index (χ0n) is 7.51. The summed E-state index contributed by atoms with van der Waals surface area (Å²) >= 11 is 3.15. The van der Waals surface area contributed by atoms with Gasteiger partial charge in [0.25, 0.3) is 0 Å². The number of nitrogens with two attached hydrogens (primary N) is 1. The van der Waals surface area contributed by atoms with Crippen LogP contribution in [0.1, 0.15) is 5.56 Å². The molecular formula is C10H8BrFN2. The van der Waals surface area contributed by atoms with Crippen LogP contribution in [0.25, 0.3) is 10.9 Å². The molecule has 0 aliphatic rings. The number of hydrogen-bond donors (Lipinski definition) is 1. The summed E-state index contributed by atoms with van der Waals surface area (Å²) in [6, 6.07) is 4.94. The number of rotatable bonds is 0. The molecular weight excluding hydrogens is 247 g/mol. The number of aryl methyl sites for hydroxylation is 1. The van der Waals surface area contributed by atoms with Gasteiger partial charge in [-0.25, -0.2) is 9.37 Å². The van der Waals surface area contributed by atoms with Crippen LogP contribution in [-0.4, -0.2) is 4.98 Å². The van der Waals surface area contributed by atoms with E-state index in [0.717, 1.165) is 5.56 Å². The highest BCUT2D eigenvalue weighted by Gasteiger charge is 2.09. The Balaban J connectivity index is 2.94. The molecule has 0 unspecified atom stereocenters. The maximum atomic E-state index is 13.6. The van der Waals surface area contributed by atoms with Crippen LogP contribution in [-0.2, 0) is 0 Å². The largest absolute Gasteiger partial charge is 0.384 e. The summed E-state index contributed by atoms with van der Waals surface area (Å²) < 4.78 is 14.0. The van der Waals surface area contributed by atoms with Crippen molar-refractivity contribution in [3.05, 3.63) is 34.1 Å². The molecule has 0 saturated heterocycles. The molecule has 0 spiro atoms. The number of benzene rings is 1. The maximum Gasteiger partial charge on any atom is 0.146 e. The van der Waals surface area contributed by atoms with E-state index in [-0.39, 0.29) is 5.82 Å². The number of hydrogen-bond acceptors (Lipinski definition) is 2. The van der Waals surface area contributed by atoms with Gasteiger partial charge in [0.1, 0.15) is 11.6 Å². The molecule has 0 saturated carbocycles. The molecule has 2 aromatic rings. The molecule has 0 atom stereocenters. The van der Waals surface area contributed by atoms with Gasteiger partial charge in [-0.1, -0.05) is 0 Å². The first kappa shape index (κ1) is 9.40. The number of fused-ring (bicyclic) bond motifs is 1. The summed E-state index contributed by atoms with van der Waals surface area (Å²) in [5.41, 5.74) is 7.06. The average Bonchev–Trinajstić information content (AvgIpc) is 2.14. The topological polar surface area (TPSA) is 38.9 Å². The molecule has 1 heterocycles. The standard InChI is InChI=1S/C10H8BrFN2/c1-5-4-7(11)9(12)6-2-3-8(13)14-10(5)6/h2-4H,1H3,(H2,13,14). The zero-order valence-corrected chi connectivity index (χ0v) is 9.10. The molecule has 1 aromatic carbocycles. The predicted octanol–water partition coefficient (Wildman–Crippen LogP) is 3.03. The molecule has 14 heavy (non-hydrogen) atoms. The Kier molecular flexibility index (Phi) is 2.15. The number of aromatic nitrogens is 1. The molecule has 0 aliphatic heterocycles. The molecule has 0 fully saturated rings. The monoisotopic (exact) mass is 254 g/mol. The minimum absolute atomic E-state index is 0.293. The van der Waals surface area contributed by atoms with E-state index < -0.39 is 0 Å². The van der Waals surface area contributed by atoms with Crippen molar-refractivity contribution in [3.63, 3.8) is 0 Å². The Morgan fingerprint density at radius 1 is 1.43 bits per heavy atom. The van der Waals surface area contributed by atoms with Crippen LogP contribution in [0.15, 0.2) is 22.7 Å². The van der Waals surface area contributed by atoms with Crippen LogP contribution in [0.2, 0.25) is 0 Å². The average molecular weight is 255 g/mol. The normalized spacial score (nSPS) is 10.8. The second kappa shape index (κ2) is 3.20. The third-order valence-corrected chi connectivity index (χ3v) is 2.66. The maximum absolute atomic E-state index is 13.6. The summed E-state index contributed by atoms with van der Waals surface area (Å²) in [5.74, 6) is 0.112. The quantitative estimate of drug-likeness (QED) is 0.785. The van der Waals surface area contributed by atoms with E-state index in [4.69, 9.17) is 5.73 Å². The minimum Gasteiger partial charge on any atom is -0.384 e.